The van der Waals surface area contributed by atoms with Crippen LogP contribution in [0.15, 0.2) is 76.8 Å². The molecule has 1 aliphatic heterocycles. The second-order valence-electron chi connectivity index (χ2n) is 15.2. The standard InChI is InChI=1S/C42H57N3O8S/c1-7-23-50-42-37(54-31-18-15-29(16-19-31)44-27(3)48)26-35(45-53-41(4,5)6)33-24-28(13-9-11-21-46)32(14-10-12-22-47)38(39(33)42)34-25-30(17-20-36(34)52-42)51-40(49)43-8-2/h7,15-20,24-25,28,32,37-39,46-47H,1,8-14,21-23,26H2,2-6H3,(H,43,49)(H,44,48). The molecule has 2 aliphatic carbocycles. The van der Waals surface area contributed by atoms with Crippen LogP contribution in [-0.4, -0.2) is 70.9 Å². The summed E-state index contributed by atoms with van der Waals surface area (Å²) in [5.74, 6) is -0.521. The SMILES string of the molecule is C=CCOC12Oc3ccc(OC(=O)NCC)cc3C3C(CCCCO)C(CCCCO)C=C(C(=NOC(C)(C)C)CC1Sc1ccc(NC(C)=O)cc1)C32. The van der Waals surface area contributed by atoms with Gasteiger partial charge in [0.25, 0.3) is 0 Å². The first-order chi connectivity index (χ1) is 25.9. The molecule has 0 spiro atoms. The van der Waals surface area contributed by atoms with Crippen LogP contribution in [0, 0.1) is 17.8 Å². The first kappa shape index (κ1) is 41.3. The lowest BCUT2D eigenvalue weighted by atomic mass is 9.56. The fourth-order valence-corrected chi connectivity index (χ4v) is 9.24. The maximum absolute atomic E-state index is 12.6. The minimum Gasteiger partial charge on any atom is -0.460 e. The number of hydrogen-bond acceptors (Lipinski definition) is 10. The highest BCUT2D eigenvalue weighted by molar-refractivity contribution is 8.00. The number of oxime groups is 1. The monoisotopic (exact) mass is 763 g/mol. The Hall–Kier alpha value is -3.84. The second kappa shape index (κ2) is 18.7. The Labute approximate surface area is 323 Å². The molecule has 2 amide bonds. The lowest BCUT2D eigenvalue weighted by molar-refractivity contribution is -0.223. The van der Waals surface area contributed by atoms with Crippen LogP contribution in [0.3, 0.4) is 0 Å². The van der Waals surface area contributed by atoms with Gasteiger partial charge in [0.15, 0.2) is 0 Å². The predicted octanol–water partition coefficient (Wildman–Crippen LogP) is 7.98. The van der Waals surface area contributed by atoms with Gasteiger partial charge in [-0.05, 0) is 113 Å². The lowest BCUT2D eigenvalue weighted by Gasteiger charge is -2.58. The number of nitrogens with zero attached hydrogens (tertiary/aromatic N) is 1. The molecule has 54 heavy (non-hydrogen) atoms. The number of aliphatic hydroxyl groups is 2. The lowest BCUT2D eigenvalue weighted by Crippen LogP contribution is -2.64. The van der Waals surface area contributed by atoms with Crippen LogP contribution in [0.2, 0.25) is 0 Å². The number of aliphatic hydroxyl groups excluding tert-OH is 2. The number of carbonyl (C=O) groups is 2. The molecule has 12 heteroatoms. The summed E-state index contributed by atoms with van der Waals surface area (Å²) in [7, 11) is 0. The number of carbonyl (C=O) groups excluding carboxylic acids is 2. The van der Waals surface area contributed by atoms with Gasteiger partial charge >= 0.3 is 6.09 Å². The summed E-state index contributed by atoms with van der Waals surface area (Å²) in [6, 6.07) is 13.3. The van der Waals surface area contributed by atoms with Crippen molar-refractivity contribution in [2.24, 2.45) is 22.9 Å². The van der Waals surface area contributed by atoms with Gasteiger partial charge in [-0.2, -0.15) is 0 Å². The fourth-order valence-electron chi connectivity index (χ4n) is 7.95. The van der Waals surface area contributed by atoms with Crippen molar-refractivity contribution in [2.75, 3.05) is 31.7 Å². The van der Waals surface area contributed by atoms with E-state index >= 15 is 0 Å². The average Bonchev–Trinajstić information content (AvgIpc) is 3.12. The Balaban J connectivity index is 1.73. The van der Waals surface area contributed by atoms with Crippen molar-refractivity contribution in [3.63, 3.8) is 0 Å². The number of ether oxygens (including phenoxy) is 3. The minimum absolute atomic E-state index is 0.101. The van der Waals surface area contributed by atoms with Crippen LogP contribution in [0.25, 0.3) is 0 Å². The molecule has 1 heterocycles. The summed E-state index contributed by atoms with van der Waals surface area (Å²) in [5.41, 5.74) is 2.93. The Kier molecular flexibility index (Phi) is 14.3. The van der Waals surface area contributed by atoms with E-state index in [0.29, 0.717) is 43.0 Å². The number of thioether (sulfide) groups is 1. The largest absolute Gasteiger partial charge is 0.460 e. The van der Waals surface area contributed by atoms with Gasteiger partial charge in [-0.25, -0.2) is 4.79 Å². The summed E-state index contributed by atoms with van der Waals surface area (Å²) < 4.78 is 20.0. The number of fused-ring (bicyclic) bond motifs is 2. The van der Waals surface area contributed by atoms with E-state index in [2.05, 4.69) is 23.3 Å². The van der Waals surface area contributed by atoms with Gasteiger partial charge in [0.1, 0.15) is 17.1 Å². The van der Waals surface area contributed by atoms with E-state index in [0.717, 1.165) is 47.4 Å². The third-order valence-corrected chi connectivity index (χ3v) is 11.4. The molecule has 1 fully saturated rings. The summed E-state index contributed by atoms with van der Waals surface area (Å²) in [5, 5.41) is 29.8. The quantitative estimate of drug-likeness (QED) is 0.0715. The Morgan fingerprint density at radius 3 is 2.44 bits per heavy atom. The van der Waals surface area contributed by atoms with Gasteiger partial charge < -0.3 is 39.9 Å². The number of unbranched alkanes of at least 4 members (excludes halogenated alkanes) is 2. The van der Waals surface area contributed by atoms with Crippen LogP contribution in [0.5, 0.6) is 11.5 Å². The molecule has 0 saturated heterocycles. The maximum atomic E-state index is 12.6. The zero-order valence-electron chi connectivity index (χ0n) is 32.3. The van der Waals surface area contributed by atoms with Crippen molar-refractivity contribution in [3.05, 3.63) is 72.3 Å². The van der Waals surface area contributed by atoms with E-state index in [1.807, 2.05) is 64.1 Å². The van der Waals surface area contributed by atoms with Gasteiger partial charge in [-0.15, -0.1) is 18.3 Å². The smallest absolute Gasteiger partial charge is 0.412 e. The summed E-state index contributed by atoms with van der Waals surface area (Å²) >= 11 is 1.64. The third kappa shape index (κ3) is 9.87. The molecule has 2 aromatic rings. The predicted molar refractivity (Wildman–Crippen MR) is 212 cm³/mol. The van der Waals surface area contributed by atoms with Crippen molar-refractivity contribution in [2.45, 2.75) is 107 Å². The van der Waals surface area contributed by atoms with Crippen molar-refractivity contribution < 1.29 is 38.9 Å². The highest BCUT2D eigenvalue weighted by Crippen LogP contribution is 2.63. The first-order valence-corrected chi connectivity index (χ1v) is 20.1. The van der Waals surface area contributed by atoms with Gasteiger partial charge in [0, 0.05) is 55.2 Å². The van der Waals surface area contributed by atoms with Crippen LogP contribution >= 0.6 is 11.8 Å². The van der Waals surface area contributed by atoms with Crippen molar-refractivity contribution >= 4 is 35.2 Å². The molecular weight excluding hydrogens is 707 g/mol. The van der Waals surface area contributed by atoms with E-state index < -0.39 is 17.5 Å². The van der Waals surface area contributed by atoms with Gasteiger partial charge in [-0.1, -0.05) is 30.1 Å². The number of rotatable bonds is 17. The number of amides is 2. The number of allylic oxidation sites excluding steroid dienone is 1. The molecule has 5 rings (SSSR count). The molecule has 11 nitrogen and oxygen atoms in total. The normalized spacial score (nSPS) is 25.1. The molecule has 6 unspecified atom stereocenters. The highest BCUT2D eigenvalue weighted by atomic mass is 32.2. The Morgan fingerprint density at radius 1 is 1.07 bits per heavy atom. The number of anilines is 1. The highest BCUT2D eigenvalue weighted by Gasteiger charge is 2.64. The molecule has 3 aliphatic rings. The van der Waals surface area contributed by atoms with Crippen LogP contribution in [0.4, 0.5) is 10.5 Å². The van der Waals surface area contributed by atoms with E-state index in [1.54, 1.807) is 23.9 Å². The molecule has 0 aromatic heterocycles. The van der Waals surface area contributed by atoms with E-state index in [-0.39, 0.29) is 54.6 Å². The third-order valence-electron chi connectivity index (χ3n) is 10.0. The van der Waals surface area contributed by atoms with E-state index in [1.165, 1.54) is 6.92 Å². The second-order valence-corrected chi connectivity index (χ2v) is 16.5. The van der Waals surface area contributed by atoms with Crippen molar-refractivity contribution in [3.8, 4) is 11.5 Å². The van der Waals surface area contributed by atoms with Gasteiger partial charge in [0.2, 0.25) is 11.7 Å². The minimum atomic E-state index is -1.17. The van der Waals surface area contributed by atoms with Crippen LogP contribution in [0.1, 0.15) is 91.0 Å². The van der Waals surface area contributed by atoms with E-state index in [9.17, 15) is 19.8 Å². The summed E-state index contributed by atoms with van der Waals surface area (Å²) in [4.78, 5) is 31.5. The molecule has 294 valence electrons. The summed E-state index contributed by atoms with van der Waals surface area (Å²) in [6.07, 6.45) is 8.77. The maximum Gasteiger partial charge on any atom is 0.412 e. The van der Waals surface area contributed by atoms with Gasteiger partial charge in [-0.3, -0.25) is 4.79 Å². The molecule has 0 radical (unpaired) electrons. The van der Waals surface area contributed by atoms with Crippen molar-refractivity contribution in [1.29, 1.82) is 0 Å². The van der Waals surface area contributed by atoms with Crippen molar-refractivity contribution in [1.82, 2.24) is 5.32 Å². The zero-order valence-corrected chi connectivity index (χ0v) is 33.1. The molecule has 1 saturated carbocycles. The molecule has 2 aromatic carbocycles. The van der Waals surface area contributed by atoms with Crippen LogP contribution in [-0.2, 0) is 14.4 Å². The topological polar surface area (TPSA) is 148 Å². The molecule has 4 N–H and O–H groups in total. The molecule has 0 bridgehead atoms. The zero-order chi connectivity index (χ0) is 38.9. The summed E-state index contributed by atoms with van der Waals surface area (Å²) in [6.45, 7) is 14.2. The number of hydrogen-bond donors (Lipinski definition) is 4. The number of nitrogens with one attached hydrogen (secondary N) is 2. The van der Waals surface area contributed by atoms with Crippen LogP contribution < -0.4 is 20.1 Å². The van der Waals surface area contributed by atoms with E-state index in [4.69, 9.17) is 24.2 Å². The fraction of sp³-hybridized carbons (Fsp3) is 0.548. The van der Waals surface area contributed by atoms with Gasteiger partial charge in [0.05, 0.1) is 23.5 Å². The average molecular weight is 764 g/mol. The first-order valence-electron chi connectivity index (χ1n) is 19.2. The molecular formula is C42H57N3O8S. The number of benzene rings is 2. The Morgan fingerprint density at radius 2 is 1.80 bits per heavy atom. The Bertz CT molecular complexity index is 1670. The molecule has 6 atom stereocenters.